The zero-order valence-corrected chi connectivity index (χ0v) is 32.0. The summed E-state index contributed by atoms with van der Waals surface area (Å²) in [5.74, 6) is 0.917. The molecule has 2 aromatic heterocycles. The number of methoxy groups -OCH3 is 1. The van der Waals surface area contributed by atoms with Crippen LogP contribution < -0.4 is 4.74 Å². The number of hydrogen-bond donors (Lipinski definition) is 0. The van der Waals surface area contributed by atoms with Crippen LogP contribution in [0.1, 0.15) is 61.5 Å². The van der Waals surface area contributed by atoms with Gasteiger partial charge < -0.3 is 4.74 Å². The number of hydrogen-bond acceptors (Lipinski definition) is 3. The third-order valence-corrected chi connectivity index (χ3v) is 6.99. The van der Waals surface area contributed by atoms with E-state index in [1.807, 2.05) is 76.5 Å². The second kappa shape index (κ2) is 24.2. The van der Waals surface area contributed by atoms with Gasteiger partial charge in [-0.05, 0) is 112 Å². The Morgan fingerprint density at radius 1 is 0.327 bits per heavy atom. The fourth-order valence-corrected chi connectivity index (χ4v) is 3.84. The molecule has 0 saturated heterocycles. The Morgan fingerprint density at radius 2 is 0.612 bits per heavy atom. The summed E-state index contributed by atoms with van der Waals surface area (Å²) in [5, 5.41) is 0. The second-order valence-electron chi connectivity index (χ2n) is 12.4. The number of nitrogens with zero attached hydrogens (tertiary/aromatic N) is 2. The summed E-state index contributed by atoms with van der Waals surface area (Å²) in [6.07, 6.45) is 3.74. The van der Waals surface area contributed by atoms with Crippen LogP contribution >= 0.6 is 0 Å². The van der Waals surface area contributed by atoms with Crippen molar-refractivity contribution in [3.05, 3.63) is 195 Å². The van der Waals surface area contributed by atoms with Gasteiger partial charge in [-0.25, -0.2) is 0 Å². The molecule has 0 radical (unpaired) electrons. The minimum Gasteiger partial charge on any atom is -0.497 e. The number of rotatable bonds is 1. The van der Waals surface area contributed by atoms with Crippen LogP contribution in [0.2, 0.25) is 0 Å². The van der Waals surface area contributed by atoms with E-state index in [9.17, 15) is 0 Å². The molecular weight excluding hydrogens is 597 g/mol. The van der Waals surface area contributed by atoms with Gasteiger partial charge in [-0.3, -0.25) is 9.97 Å². The number of pyridine rings is 2. The van der Waals surface area contributed by atoms with Gasteiger partial charge in [0.1, 0.15) is 5.75 Å². The predicted octanol–water partition coefficient (Wildman–Crippen LogP) is 12.3. The van der Waals surface area contributed by atoms with Crippen molar-refractivity contribution in [2.75, 3.05) is 7.11 Å². The van der Waals surface area contributed by atoms with Crippen LogP contribution in [0.25, 0.3) is 0 Å². The van der Waals surface area contributed by atoms with Crippen molar-refractivity contribution in [2.24, 2.45) is 0 Å². The first-order valence-electron chi connectivity index (χ1n) is 16.8. The van der Waals surface area contributed by atoms with Crippen LogP contribution in [0.5, 0.6) is 5.75 Å². The minimum atomic E-state index is 0.917. The first-order chi connectivity index (χ1) is 23.3. The van der Waals surface area contributed by atoms with E-state index in [1.165, 1.54) is 50.1 Å². The van der Waals surface area contributed by atoms with Gasteiger partial charge in [0, 0.05) is 23.8 Å². The minimum absolute atomic E-state index is 0.917. The zero-order chi connectivity index (χ0) is 36.6. The van der Waals surface area contributed by atoms with Crippen molar-refractivity contribution in [3.63, 3.8) is 0 Å². The van der Waals surface area contributed by atoms with Gasteiger partial charge in [0.15, 0.2) is 0 Å². The average molecular weight is 655 g/mol. The van der Waals surface area contributed by atoms with Crippen LogP contribution in [-0.2, 0) is 0 Å². The number of aromatic nitrogens is 2. The number of ether oxygens (including phenoxy) is 1. The third-order valence-electron chi connectivity index (χ3n) is 6.99. The van der Waals surface area contributed by atoms with Crippen LogP contribution in [0.3, 0.4) is 0 Å². The van der Waals surface area contributed by atoms with Crippen molar-refractivity contribution >= 4 is 0 Å². The number of benzene rings is 4. The summed E-state index contributed by atoms with van der Waals surface area (Å²) < 4.78 is 4.97. The summed E-state index contributed by atoms with van der Waals surface area (Å²) in [6, 6.07) is 41.5. The molecule has 0 aliphatic heterocycles. The molecule has 3 heteroatoms. The molecule has 0 aliphatic rings. The summed E-state index contributed by atoms with van der Waals surface area (Å²) >= 11 is 0. The molecule has 6 aromatic rings. The van der Waals surface area contributed by atoms with Gasteiger partial charge in [0.25, 0.3) is 0 Å². The molecular formula is C46H58N2O. The summed E-state index contributed by atoms with van der Waals surface area (Å²) in [5.41, 5.74) is 13.8. The largest absolute Gasteiger partial charge is 0.497 e. The van der Waals surface area contributed by atoms with Gasteiger partial charge in [-0.15, -0.1) is 0 Å². The fraction of sp³-hybridized carbons (Fsp3) is 0.261. The molecule has 0 bridgehead atoms. The SMILES string of the molecule is COc1ccc(C)cc1.Cc1ccc(C)cc1.Cc1ccc(C)cc1.Cc1ccc(C)nc1.Cc1ccc(C)nc1.Cc1cccc(C)c1. The van der Waals surface area contributed by atoms with E-state index in [0.29, 0.717) is 0 Å². The summed E-state index contributed by atoms with van der Waals surface area (Å²) in [4.78, 5) is 8.16. The second-order valence-corrected chi connectivity index (χ2v) is 12.4. The lowest BCUT2D eigenvalue weighted by atomic mass is 10.2. The fourth-order valence-electron chi connectivity index (χ4n) is 3.84. The number of aryl methyl sites for hydroxylation is 11. The van der Waals surface area contributed by atoms with E-state index >= 15 is 0 Å². The topological polar surface area (TPSA) is 35.0 Å². The van der Waals surface area contributed by atoms with Crippen molar-refractivity contribution in [2.45, 2.75) is 76.2 Å². The van der Waals surface area contributed by atoms with Gasteiger partial charge >= 0.3 is 0 Å². The highest BCUT2D eigenvalue weighted by Crippen LogP contribution is 2.09. The molecule has 0 atom stereocenters. The average Bonchev–Trinajstić information content (AvgIpc) is 3.08. The molecule has 0 saturated carbocycles. The standard InChI is InChI=1S/C8H10O.3C8H10.2C7H9N/c1-7-3-5-8(9-2)6-4-7;2*1-7-3-5-8(2)6-4-7;1-7-4-3-5-8(2)6-7;2*1-6-3-4-7(2)8-5-6/h3-6H,1-2H3;3*3-6H,1-2H3;2*3-5H,1-2H3. The molecule has 0 N–H and O–H groups in total. The van der Waals surface area contributed by atoms with E-state index in [1.54, 1.807) is 7.11 Å². The first kappa shape index (κ1) is 42.0. The van der Waals surface area contributed by atoms with E-state index in [0.717, 1.165) is 17.1 Å². The monoisotopic (exact) mass is 654 g/mol. The smallest absolute Gasteiger partial charge is 0.118 e. The maximum absolute atomic E-state index is 4.97. The Hall–Kier alpha value is -5.02. The molecule has 4 aromatic carbocycles. The molecule has 6 rings (SSSR count). The molecule has 0 aliphatic carbocycles. The first-order valence-corrected chi connectivity index (χ1v) is 16.8. The van der Waals surface area contributed by atoms with Crippen molar-refractivity contribution in [1.82, 2.24) is 9.97 Å². The van der Waals surface area contributed by atoms with E-state index in [-0.39, 0.29) is 0 Å². The highest BCUT2D eigenvalue weighted by Gasteiger charge is 1.86. The lowest BCUT2D eigenvalue weighted by Crippen LogP contribution is -1.80. The Morgan fingerprint density at radius 3 is 0.816 bits per heavy atom. The lowest BCUT2D eigenvalue weighted by Gasteiger charge is -1.97. The van der Waals surface area contributed by atoms with Crippen molar-refractivity contribution in [3.8, 4) is 5.75 Å². The summed E-state index contributed by atoms with van der Waals surface area (Å²) in [7, 11) is 1.67. The normalized spacial score (nSPS) is 9.22. The lowest BCUT2D eigenvalue weighted by molar-refractivity contribution is 0.414. The van der Waals surface area contributed by atoms with E-state index < -0.39 is 0 Å². The van der Waals surface area contributed by atoms with Gasteiger partial charge in [-0.2, -0.15) is 0 Å². The van der Waals surface area contributed by atoms with Crippen LogP contribution in [0, 0.1) is 76.2 Å². The van der Waals surface area contributed by atoms with Crippen molar-refractivity contribution < 1.29 is 4.74 Å². The molecule has 0 fully saturated rings. The molecule has 258 valence electrons. The highest BCUT2D eigenvalue weighted by molar-refractivity contribution is 5.26. The van der Waals surface area contributed by atoms with E-state index in [2.05, 4.69) is 143 Å². The van der Waals surface area contributed by atoms with Crippen LogP contribution in [-0.4, -0.2) is 17.1 Å². The zero-order valence-electron chi connectivity index (χ0n) is 32.0. The van der Waals surface area contributed by atoms with Gasteiger partial charge in [-0.1, -0.05) is 136 Å². The maximum Gasteiger partial charge on any atom is 0.118 e. The van der Waals surface area contributed by atoms with Crippen LogP contribution in [0.4, 0.5) is 0 Å². The molecule has 0 amide bonds. The predicted molar refractivity (Wildman–Crippen MR) is 213 cm³/mol. The molecule has 2 heterocycles. The van der Waals surface area contributed by atoms with Gasteiger partial charge in [0.2, 0.25) is 0 Å². The maximum atomic E-state index is 4.97. The Labute approximate surface area is 298 Å². The van der Waals surface area contributed by atoms with Crippen molar-refractivity contribution in [1.29, 1.82) is 0 Å². The summed E-state index contributed by atoms with van der Waals surface area (Å²) in [6.45, 7) is 22.7. The third kappa shape index (κ3) is 22.2. The van der Waals surface area contributed by atoms with Crippen LogP contribution in [0.15, 0.2) is 134 Å². The van der Waals surface area contributed by atoms with E-state index in [4.69, 9.17) is 4.74 Å². The molecule has 3 nitrogen and oxygen atoms in total. The Kier molecular flexibility index (Phi) is 20.7. The Balaban J connectivity index is 0.000000294. The quantitative estimate of drug-likeness (QED) is 0.177. The Bertz CT molecular complexity index is 1410. The van der Waals surface area contributed by atoms with Gasteiger partial charge in [0.05, 0.1) is 7.11 Å². The molecule has 0 unspecified atom stereocenters. The highest BCUT2D eigenvalue weighted by atomic mass is 16.5. The molecule has 49 heavy (non-hydrogen) atoms. The molecule has 0 spiro atoms.